The van der Waals surface area contributed by atoms with Crippen LogP contribution in [0.2, 0.25) is 0 Å². The molecule has 0 aliphatic rings. The molecule has 0 amide bonds. The van der Waals surface area contributed by atoms with E-state index in [-0.39, 0.29) is 24.0 Å². The standard InChI is InChI=1S/C38H62O6/c1-10-28(17-19-43-35-21-33(41-8)15-13-30(35)26-39)23-37(4,5)25-32(12-3)38(6,7)24-29(11-2)18-20-44-36-22-34(42-9)16-14-31(36)27-40/h13-16,21-22,28-29,32,39-40H,10-12,17-20,23-27H2,1-9H3. The number of hydrogen-bond acceptors (Lipinski definition) is 6. The Balaban J connectivity index is 1.95. The summed E-state index contributed by atoms with van der Waals surface area (Å²) >= 11 is 0. The predicted octanol–water partition coefficient (Wildman–Crippen LogP) is 9.23. The van der Waals surface area contributed by atoms with E-state index in [1.54, 1.807) is 14.2 Å². The molecule has 3 unspecified atom stereocenters. The molecule has 3 atom stereocenters. The first-order valence-corrected chi connectivity index (χ1v) is 16.8. The molecule has 44 heavy (non-hydrogen) atoms. The van der Waals surface area contributed by atoms with Crippen LogP contribution >= 0.6 is 0 Å². The van der Waals surface area contributed by atoms with Crippen molar-refractivity contribution in [3.05, 3.63) is 47.5 Å². The lowest BCUT2D eigenvalue weighted by atomic mass is 9.64. The Morgan fingerprint density at radius 2 is 1.09 bits per heavy atom. The highest BCUT2D eigenvalue weighted by Crippen LogP contribution is 2.46. The van der Waals surface area contributed by atoms with Crippen molar-refractivity contribution >= 4 is 0 Å². The highest BCUT2D eigenvalue weighted by molar-refractivity contribution is 5.41. The first kappa shape index (κ1) is 37.7. The third-order valence-electron chi connectivity index (χ3n) is 9.66. The van der Waals surface area contributed by atoms with E-state index < -0.39 is 0 Å². The van der Waals surface area contributed by atoms with Gasteiger partial charge in [-0.1, -0.05) is 67.7 Å². The minimum atomic E-state index is -0.0453. The normalized spacial score (nSPS) is 14.2. The maximum atomic E-state index is 9.73. The molecule has 6 heteroatoms. The largest absolute Gasteiger partial charge is 0.497 e. The maximum absolute atomic E-state index is 9.73. The Kier molecular flexibility index (Phi) is 15.9. The van der Waals surface area contributed by atoms with Gasteiger partial charge in [-0.05, 0) is 85.0 Å². The number of ether oxygens (including phenoxy) is 4. The third kappa shape index (κ3) is 11.8. The zero-order valence-corrected chi connectivity index (χ0v) is 29.2. The van der Waals surface area contributed by atoms with Crippen molar-refractivity contribution in [2.75, 3.05) is 27.4 Å². The van der Waals surface area contributed by atoms with Gasteiger partial charge in [0.25, 0.3) is 0 Å². The Bertz CT molecular complexity index is 1090. The van der Waals surface area contributed by atoms with Crippen molar-refractivity contribution in [2.45, 2.75) is 113 Å². The highest BCUT2D eigenvalue weighted by atomic mass is 16.5. The van der Waals surface area contributed by atoms with Crippen molar-refractivity contribution < 1.29 is 29.2 Å². The molecule has 0 bridgehead atoms. The predicted molar refractivity (Wildman–Crippen MR) is 181 cm³/mol. The molecule has 0 heterocycles. The maximum Gasteiger partial charge on any atom is 0.128 e. The van der Waals surface area contributed by atoms with E-state index in [9.17, 15) is 10.2 Å². The summed E-state index contributed by atoms with van der Waals surface area (Å²) in [5.41, 5.74) is 2.03. The van der Waals surface area contributed by atoms with Crippen LogP contribution in [0, 0.1) is 28.6 Å². The van der Waals surface area contributed by atoms with Crippen molar-refractivity contribution in [1.29, 1.82) is 0 Å². The molecule has 2 aromatic rings. The topological polar surface area (TPSA) is 77.4 Å². The molecule has 2 rings (SSSR count). The molecule has 2 N–H and O–H groups in total. The molecule has 0 saturated heterocycles. The van der Waals surface area contributed by atoms with Gasteiger partial charge in [0.2, 0.25) is 0 Å². The number of benzene rings is 2. The smallest absolute Gasteiger partial charge is 0.128 e. The quantitative estimate of drug-likeness (QED) is 0.138. The van der Waals surface area contributed by atoms with Crippen LogP contribution in [0.3, 0.4) is 0 Å². The van der Waals surface area contributed by atoms with Gasteiger partial charge in [-0.25, -0.2) is 0 Å². The lowest BCUT2D eigenvalue weighted by Crippen LogP contribution is -2.32. The molecule has 0 saturated carbocycles. The van der Waals surface area contributed by atoms with Crippen molar-refractivity contribution in [3.8, 4) is 23.0 Å². The monoisotopic (exact) mass is 614 g/mol. The van der Waals surface area contributed by atoms with Gasteiger partial charge in [-0.2, -0.15) is 0 Å². The van der Waals surface area contributed by atoms with Gasteiger partial charge in [-0.3, -0.25) is 0 Å². The summed E-state index contributed by atoms with van der Waals surface area (Å²) in [6.45, 7) is 17.9. The fourth-order valence-electron chi connectivity index (χ4n) is 6.84. The summed E-state index contributed by atoms with van der Waals surface area (Å²) < 4.78 is 23.0. The summed E-state index contributed by atoms with van der Waals surface area (Å²) in [5, 5.41) is 19.4. The van der Waals surface area contributed by atoms with E-state index in [0.717, 1.165) is 48.3 Å². The summed E-state index contributed by atoms with van der Waals surface area (Å²) in [6.07, 6.45) is 8.95. The van der Waals surface area contributed by atoms with E-state index in [0.29, 0.717) is 42.5 Å². The van der Waals surface area contributed by atoms with Gasteiger partial charge in [-0.15, -0.1) is 0 Å². The van der Waals surface area contributed by atoms with Crippen LogP contribution in [0.15, 0.2) is 36.4 Å². The van der Waals surface area contributed by atoms with Crippen molar-refractivity contribution in [1.82, 2.24) is 0 Å². The summed E-state index contributed by atoms with van der Waals surface area (Å²) in [7, 11) is 3.29. The van der Waals surface area contributed by atoms with E-state index in [2.05, 4.69) is 48.5 Å². The summed E-state index contributed by atoms with van der Waals surface area (Å²) in [6, 6.07) is 11.2. The first-order valence-electron chi connectivity index (χ1n) is 16.8. The Labute approximate surface area is 268 Å². The van der Waals surface area contributed by atoms with Crippen LogP contribution in [0.5, 0.6) is 23.0 Å². The molecule has 2 aromatic carbocycles. The number of aliphatic hydroxyl groups excluding tert-OH is 2. The lowest BCUT2D eigenvalue weighted by Gasteiger charge is -2.42. The average molecular weight is 615 g/mol. The van der Waals surface area contributed by atoms with Gasteiger partial charge in [0.15, 0.2) is 0 Å². The Hall–Kier alpha value is -2.44. The van der Waals surface area contributed by atoms with Gasteiger partial charge in [0.05, 0.1) is 40.6 Å². The summed E-state index contributed by atoms with van der Waals surface area (Å²) in [4.78, 5) is 0. The lowest BCUT2D eigenvalue weighted by molar-refractivity contribution is 0.0837. The highest BCUT2D eigenvalue weighted by Gasteiger charge is 2.35. The molecule has 0 spiro atoms. The number of methoxy groups -OCH3 is 2. The first-order chi connectivity index (χ1) is 20.9. The molecule has 0 fully saturated rings. The molecule has 250 valence electrons. The van der Waals surface area contributed by atoms with Crippen LogP contribution in [0.4, 0.5) is 0 Å². The molecule has 0 aromatic heterocycles. The zero-order chi connectivity index (χ0) is 32.8. The van der Waals surface area contributed by atoms with Crippen LogP contribution in [-0.2, 0) is 13.2 Å². The summed E-state index contributed by atoms with van der Waals surface area (Å²) in [5.74, 6) is 4.68. The minimum Gasteiger partial charge on any atom is -0.497 e. The Morgan fingerprint density at radius 3 is 1.48 bits per heavy atom. The van der Waals surface area contributed by atoms with Crippen molar-refractivity contribution in [3.63, 3.8) is 0 Å². The second kappa shape index (κ2) is 18.5. The van der Waals surface area contributed by atoms with Gasteiger partial charge in [0.1, 0.15) is 23.0 Å². The number of hydrogen-bond donors (Lipinski definition) is 2. The van der Waals surface area contributed by atoms with Gasteiger partial charge in [0, 0.05) is 23.3 Å². The van der Waals surface area contributed by atoms with Crippen LogP contribution in [0.1, 0.15) is 111 Å². The van der Waals surface area contributed by atoms with Gasteiger partial charge >= 0.3 is 0 Å². The minimum absolute atomic E-state index is 0.0451. The Morgan fingerprint density at radius 1 is 0.636 bits per heavy atom. The average Bonchev–Trinajstić information content (AvgIpc) is 3.02. The fraction of sp³-hybridized carbons (Fsp3) is 0.684. The van der Waals surface area contributed by atoms with E-state index in [4.69, 9.17) is 18.9 Å². The number of rotatable bonds is 22. The van der Waals surface area contributed by atoms with E-state index in [1.165, 1.54) is 25.7 Å². The molecule has 0 aliphatic heterocycles. The van der Waals surface area contributed by atoms with Crippen LogP contribution < -0.4 is 18.9 Å². The van der Waals surface area contributed by atoms with Crippen LogP contribution in [-0.4, -0.2) is 37.6 Å². The zero-order valence-electron chi connectivity index (χ0n) is 29.2. The SMILES string of the molecule is CCC(CCOc1cc(OC)ccc1CO)CC(C)(C)CC(CC)C(C)(C)CC(CC)CCOc1cc(OC)ccc1CO. The molecule has 6 nitrogen and oxygen atoms in total. The second-order valence-electron chi connectivity index (χ2n) is 14.0. The van der Waals surface area contributed by atoms with Crippen LogP contribution in [0.25, 0.3) is 0 Å². The third-order valence-corrected chi connectivity index (χ3v) is 9.66. The fourth-order valence-corrected chi connectivity index (χ4v) is 6.84. The van der Waals surface area contributed by atoms with Crippen molar-refractivity contribution in [2.24, 2.45) is 28.6 Å². The molecular weight excluding hydrogens is 552 g/mol. The van der Waals surface area contributed by atoms with E-state index in [1.807, 2.05) is 36.4 Å². The molecular formula is C38H62O6. The molecule has 0 radical (unpaired) electrons. The van der Waals surface area contributed by atoms with Gasteiger partial charge < -0.3 is 29.2 Å². The van der Waals surface area contributed by atoms with E-state index >= 15 is 0 Å². The number of aliphatic hydroxyl groups is 2. The molecule has 0 aliphatic carbocycles. The second-order valence-corrected chi connectivity index (χ2v) is 14.0.